The first kappa shape index (κ1) is 14.2. The molecule has 6 nitrogen and oxygen atoms in total. The second kappa shape index (κ2) is 5.34. The minimum atomic E-state index is -1.04. The molecule has 0 aliphatic carbocycles. The van der Waals surface area contributed by atoms with Crippen LogP contribution in [0.5, 0.6) is 0 Å². The highest BCUT2D eigenvalue weighted by atomic mass is 16.4. The topological polar surface area (TPSA) is 91.9 Å². The molecule has 1 aliphatic heterocycles. The number of rotatable bonds is 2. The number of carboxylic acids is 1. The van der Waals surface area contributed by atoms with E-state index in [1.165, 1.54) is 12.1 Å². The van der Waals surface area contributed by atoms with Crippen LogP contribution in [0.3, 0.4) is 0 Å². The SMILES string of the molecule is O=C1CN=C(c2ccccc2)c2oc3ccc(C(=O)O)cc3c2N1. The summed E-state index contributed by atoms with van der Waals surface area (Å²) in [6.45, 7) is -0.0193. The van der Waals surface area contributed by atoms with Crippen LogP contribution in [0.2, 0.25) is 0 Å². The number of benzene rings is 2. The number of carboxylic acid groups (broad SMARTS) is 1. The van der Waals surface area contributed by atoms with E-state index in [2.05, 4.69) is 10.3 Å². The third kappa shape index (κ3) is 2.25. The number of nitrogens with one attached hydrogen (secondary N) is 1. The highest BCUT2D eigenvalue weighted by Gasteiger charge is 2.25. The van der Waals surface area contributed by atoms with E-state index in [1.807, 2.05) is 30.3 Å². The Kier molecular flexibility index (Phi) is 3.16. The largest absolute Gasteiger partial charge is 0.478 e. The van der Waals surface area contributed by atoms with Crippen molar-refractivity contribution in [1.82, 2.24) is 0 Å². The van der Waals surface area contributed by atoms with Gasteiger partial charge in [0, 0.05) is 10.9 Å². The molecule has 0 saturated heterocycles. The molecule has 2 heterocycles. The van der Waals surface area contributed by atoms with E-state index < -0.39 is 5.97 Å². The number of fused-ring (bicyclic) bond motifs is 3. The van der Waals surface area contributed by atoms with Crippen LogP contribution in [0.15, 0.2) is 57.9 Å². The summed E-state index contributed by atoms with van der Waals surface area (Å²) in [4.78, 5) is 27.6. The molecular formula is C18H12N2O4. The van der Waals surface area contributed by atoms with Crippen LogP contribution in [0, 0.1) is 0 Å². The third-order valence-corrected chi connectivity index (χ3v) is 3.84. The van der Waals surface area contributed by atoms with Crippen LogP contribution in [-0.2, 0) is 4.79 Å². The van der Waals surface area contributed by atoms with E-state index in [-0.39, 0.29) is 18.0 Å². The summed E-state index contributed by atoms with van der Waals surface area (Å²) in [7, 11) is 0. The van der Waals surface area contributed by atoms with Gasteiger partial charge in [-0.3, -0.25) is 9.79 Å². The number of carbonyl (C=O) groups excluding carboxylic acids is 1. The molecule has 118 valence electrons. The lowest BCUT2D eigenvalue weighted by Gasteiger charge is -2.03. The van der Waals surface area contributed by atoms with Gasteiger partial charge in [0.1, 0.15) is 17.8 Å². The van der Waals surface area contributed by atoms with Gasteiger partial charge in [-0.2, -0.15) is 0 Å². The van der Waals surface area contributed by atoms with Gasteiger partial charge in [-0.15, -0.1) is 0 Å². The number of hydrogen-bond acceptors (Lipinski definition) is 4. The molecule has 1 aromatic heterocycles. The average Bonchev–Trinajstić information content (AvgIpc) is 2.84. The minimum Gasteiger partial charge on any atom is -0.478 e. The van der Waals surface area contributed by atoms with Crippen molar-refractivity contribution in [3.63, 3.8) is 0 Å². The van der Waals surface area contributed by atoms with E-state index >= 15 is 0 Å². The molecule has 1 amide bonds. The molecule has 3 aromatic rings. The molecule has 0 atom stereocenters. The van der Waals surface area contributed by atoms with Crippen molar-refractivity contribution in [3.05, 3.63) is 65.4 Å². The Morgan fingerprint density at radius 3 is 2.71 bits per heavy atom. The Hall–Kier alpha value is -3.41. The Morgan fingerprint density at radius 1 is 1.17 bits per heavy atom. The molecule has 24 heavy (non-hydrogen) atoms. The zero-order chi connectivity index (χ0) is 16.7. The van der Waals surface area contributed by atoms with Crippen LogP contribution in [-0.4, -0.2) is 29.2 Å². The first-order chi connectivity index (χ1) is 11.6. The van der Waals surface area contributed by atoms with Crippen LogP contribution in [0.25, 0.3) is 11.0 Å². The average molecular weight is 320 g/mol. The standard InChI is InChI=1S/C18H12N2O4/c21-14-9-19-15(10-4-2-1-3-5-10)17-16(20-14)12-8-11(18(22)23)6-7-13(12)24-17/h1-8H,9H2,(H,20,21)(H,22,23). The first-order valence-electron chi connectivity index (χ1n) is 7.33. The summed E-state index contributed by atoms with van der Waals surface area (Å²) < 4.78 is 5.88. The van der Waals surface area contributed by atoms with Crippen molar-refractivity contribution in [2.45, 2.75) is 0 Å². The molecule has 0 bridgehead atoms. The Bertz CT molecular complexity index is 1000. The lowest BCUT2D eigenvalue weighted by atomic mass is 10.1. The van der Waals surface area contributed by atoms with Crippen LogP contribution < -0.4 is 5.32 Å². The van der Waals surface area contributed by atoms with Crippen molar-refractivity contribution in [3.8, 4) is 0 Å². The summed E-state index contributed by atoms with van der Waals surface area (Å²) in [5.41, 5.74) is 2.47. The van der Waals surface area contributed by atoms with Crippen LogP contribution in [0.4, 0.5) is 5.69 Å². The van der Waals surface area contributed by atoms with Crippen molar-refractivity contribution in [2.24, 2.45) is 4.99 Å². The van der Waals surface area contributed by atoms with Gasteiger partial charge in [0.15, 0.2) is 5.76 Å². The van der Waals surface area contributed by atoms with E-state index in [0.717, 1.165) is 5.56 Å². The zero-order valence-corrected chi connectivity index (χ0v) is 12.4. The normalized spacial score (nSPS) is 13.8. The smallest absolute Gasteiger partial charge is 0.335 e. The molecule has 2 aromatic carbocycles. The molecule has 4 rings (SSSR count). The summed E-state index contributed by atoms with van der Waals surface area (Å²) >= 11 is 0. The van der Waals surface area contributed by atoms with Gasteiger partial charge in [-0.1, -0.05) is 30.3 Å². The Labute approximate surface area is 136 Å². The maximum absolute atomic E-state index is 12.0. The Balaban J connectivity index is 1.98. The lowest BCUT2D eigenvalue weighted by Crippen LogP contribution is -2.13. The van der Waals surface area contributed by atoms with Gasteiger partial charge in [-0.25, -0.2) is 4.79 Å². The second-order valence-electron chi connectivity index (χ2n) is 5.40. The van der Waals surface area contributed by atoms with Gasteiger partial charge in [0.05, 0.1) is 11.3 Å². The number of anilines is 1. The summed E-state index contributed by atoms with van der Waals surface area (Å²) in [6.07, 6.45) is 0. The Morgan fingerprint density at radius 2 is 1.96 bits per heavy atom. The number of nitrogens with zero attached hydrogens (tertiary/aromatic N) is 1. The predicted molar refractivity (Wildman–Crippen MR) is 88.8 cm³/mol. The molecular weight excluding hydrogens is 308 g/mol. The molecule has 0 spiro atoms. The monoisotopic (exact) mass is 320 g/mol. The molecule has 0 saturated carbocycles. The fraction of sp³-hybridized carbons (Fsp3) is 0.0556. The number of amides is 1. The fourth-order valence-corrected chi connectivity index (χ4v) is 2.74. The highest BCUT2D eigenvalue weighted by molar-refractivity contribution is 6.21. The van der Waals surface area contributed by atoms with Crippen molar-refractivity contribution in [2.75, 3.05) is 11.9 Å². The van der Waals surface area contributed by atoms with E-state index in [0.29, 0.717) is 28.1 Å². The van der Waals surface area contributed by atoms with Gasteiger partial charge < -0.3 is 14.8 Å². The first-order valence-corrected chi connectivity index (χ1v) is 7.33. The second-order valence-corrected chi connectivity index (χ2v) is 5.40. The third-order valence-electron chi connectivity index (χ3n) is 3.84. The number of aromatic carboxylic acids is 1. The zero-order valence-electron chi connectivity index (χ0n) is 12.4. The predicted octanol–water partition coefficient (Wildman–Crippen LogP) is 2.92. The highest BCUT2D eigenvalue weighted by Crippen LogP contribution is 2.34. The maximum Gasteiger partial charge on any atom is 0.335 e. The van der Waals surface area contributed by atoms with Crippen LogP contribution in [0.1, 0.15) is 21.7 Å². The molecule has 0 fully saturated rings. The quantitative estimate of drug-likeness (QED) is 0.759. The molecule has 0 radical (unpaired) electrons. The van der Waals surface area contributed by atoms with Gasteiger partial charge in [0.2, 0.25) is 5.91 Å². The molecule has 0 unspecified atom stereocenters. The molecule has 2 N–H and O–H groups in total. The van der Waals surface area contributed by atoms with Crippen molar-refractivity contribution < 1.29 is 19.1 Å². The van der Waals surface area contributed by atoms with Crippen molar-refractivity contribution >= 4 is 34.2 Å². The summed E-state index contributed by atoms with van der Waals surface area (Å²) in [6, 6.07) is 14.0. The number of carbonyl (C=O) groups is 2. The fourth-order valence-electron chi connectivity index (χ4n) is 2.74. The number of hydrogen-bond donors (Lipinski definition) is 2. The summed E-state index contributed by atoms with van der Waals surface area (Å²) in [5, 5.41) is 12.5. The number of furan rings is 1. The van der Waals surface area contributed by atoms with E-state index in [1.54, 1.807) is 6.07 Å². The maximum atomic E-state index is 12.0. The van der Waals surface area contributed by atoms with Crippen LogP contribution >= 0.6 is 0 Å². The minimum absolute atomic E-state index is 0.0193. The van der Waals surface area contributed by atoms with Gasteiger partial charge >= 0.3 is 5.97 Å². The molecule has 1 aliphatic rings. The lowest BCUT2D eigenvalue weighted by molar-refractivity contribution is -0.114. The van der Waals surface area contributed by atoms with E-state index in [4.69, 9.17) is 4.42 Å². The number of aliphatic imine (C=N–C) groups is 1. The van der Waals surface area contributed by atoms with Gasteiger partial charge in [-0.05, 0) is 18.2 Å². The van der Waals surface area contributed by atoms with Crippen molar-refractivity contribution in [1.29, 1.82) is 0 Å². The van der Waals surface area contributed by atoms with E-state index in [9.17, 15) is 14.7 Å². The molecule has 6 heteroatoms. The summed E-state index contributed by atoms with van der Waals surface area (Å²) in [5.74, 6) is -0.876. The van der Waals surface area contributed by atoms with Gasteiger partial charge in [0.25, 0.3) is 0 Å².